The quantitative estimate of drug-likeness (QED) is 0.846. The maximum atomic E-state index is 9.71. The second kappa shape index (κ2) is 7.09. The third-order valence-corrected chi connectivity index (χ3v) is 4.86. The lowest BCUT2D eigenvalue weighted by Crippen LogP contribution is -2.51. The molecule has 0 aromatic carbocycles. The predicted octanol–water partition coefficient (Wildman–Crippen LogP) is 2.55. The standard InChI is InChI=1S/C17H31N3O/c1-13(2)19-17(12-18)8-5-6-16(17)7-9-20-10-14(3)21-15(4)11-20/h13-16,19H,5-11H2,1-4H3. The van der Waals surface area contributed by atoms with Crippen molar-refractivity contribution < 1.29 is 4.74 Å². The molecule has 0 radical (unpaired) electrons. The van der Waals surface area contributed by atoms with E-state index < -0.39 is 0 Å². The van der Waals surface area contributed by atoms with Crippen LogP contribution in [0.25, 0.3) is 0 Å². The van der Waals surface area contributed by atoms with Crippen LogP contribution >= 0.6 is 0 Å². The first-order chi connectivity index (χ1) is 9.95. The molecule has 1 saturated heterocycles. The Bertz CT molecular complexity index is 369. The van der Waals surface area contributed by atoms with Crippen LogP contribution in [0.1, 0.15) is 53.4 Å². The zero-order valence-corrected chi connectivity index (χ0v) is 14.1. The van der Waals surface area contributed by atoms with Gasteiger partial charge in [0, 0.05) is 19.1 Å². The van der Waals surface area contributed by atoms with E-state index in [0.717, 1.165) is 32.5 Å². The summed E-state index contributed by atoms with van der Waals surface area (Å²) in [5.74, 6) is 0.485. The van der Waals surface area contributed by atoms with Gasteiger partial charge in [0.15, 0.2) is 0 Å². The van der Waals surface area contributed by atoms with E-state index in [1.54, 1.807) is 0 Å². The Hall–Kier alpha value is -0.630. The summed E-state index contributed by atoms with van der Waals surface area (Å²) < 4.78 is 5.80. The van der Waals surface area contributed by atoms with Crippen LogP contribution in [0.3, 0.4) is 0 Å². The van der Waals surface area contributed by atoms with Gasteiger partial charge in [-0.1, -0.05) is 6.42 Å². The molecule has 1 N–H and O–H groups in total. The molecule has 120 valence electrons. The molecule has 1 aliphatic heterocycles. The van der Waals surface area contributed by atoms with E-state index in [1.165, 1.54) is 12.8 Å². The SMILES string of the molecule is CC(C)NC1(C#N)CCCC1CCN1CC(C)OC(C)C1. The largest absolute Gasteiger partial charge is 0.373 e. The average Bonchev–Trinajstić information content (AvgIpc) is 2.78. The minimum absolute atomic E-state index is 0.294. The van der Waals surface area contributed by atoms with Crippen LogP contribution in [0.4, 0.5) is 0 Å². The molecule has 2 rings (SSSR count). The zero-order chi connectivity index (χ0) is 15.5. The number of nitriles is 1. The number of hydrogen-bond donors (Lipinski definition) is 1. The molecule has 2 aliphatic rings. The fourth-order valence-electron chi connectivity index (χ4n) is 4.16. The summed E-state index contributed by atoms with van der Waals surface area (Å²) in [5.41, 5.74) is -0.294. The first kappa shape index (κ1) is 16.7. The average molecular weight is 293 g/mol. The molecule has 1 aliphatic carbocycles. The number of nitrogens with one attached hydrogen (secondary N) is 1. The fraction of sp³-hybridized carbons (Fsp3) is 0.941. The first-order valence-electron chi connectivity index (χ1n) is 8.52. The van der Waals surface area contributed by atoms with Gasteiger partial charge in [-0.05, 0) is 59.4 Å². The minimum Gasteiger partial charge on any atom is -0.373 e. The molecule has 0 aromatic heterocycles. The van der Waals surface area contributed by atoms with Gasteiger partial charge in [0.25, 0.3) is 0 Å². The molecule has 1 heterocycles. The van der Waals surface area contributed by atoms with Crippen LogP contribution in [0, 0.1) is 17.2 Å². The van der Waals surface area contributed by atoms with Crippen LogP contribution in [0.2, 0.25) is 0 Å². The molecule has 0 bridgehead atoms. The summed E-state index contributed by atoms with van der Waals surface area (Å²) in [7, 11) is 0. The number of ether oxygens (including phenoxy) is 1. The number of nitrogens with zero attached hydrogens (tertiary/aromatic N) is 2. The maximum Gasteiger partial charge on any atom is 0.109 e. The highest BCUT2D eigenvalue weighted by Gasteiger charge is 2.43. The molecule has 0 aromatic rings. The third kappa shape index (κ3) is 4.18. The van der Waals surface area contributed by atoms with Gasteiger partial charge in [-0.2, -0.15) is 5.26 Å². The highest BCUT2D eigenvalue weighted by Crippen LogP contribution is 2.38. The van der Waals surface area contributed by atoms with E-state index in [-0.39, 0.29) is 5.54 Å². The van der Waals surface area contributed by atoms with Crippen LogP contribution in [0.5, 0.6) is 0 Å². The summed E-state index contributed by atoms with van der Waals surface area (Å²) in [6, 6.07) is 2.98. The van der Waals surface area contributed by atoms with Crippen molar-refractivity contribution in [2.45, 2.75) is 77.2 Å². The number of hydrogen-bond acceptors (Lipinski definition) is 4. The molecule has 4 unspecified atom stereocenters. The van der Waals surface area contributed by atoms with E-state index in [4.69, 9.17) is 4.74 Å². The molecule has 0 amide bonds. The van der Waals surface area contributed by atoms with Crippen LogP contribution in [-0.2, 0) is 4.74 Å². The summed E-state index contributed by atoms with van der Waals surface area (Å²) in [5, 5.41) is 13.3. The lowest BCUT2D eigenvalue weighted by atomic mass is 9.85. The molecule has 4 heteroatoms. The maximum absolute atomic E-state index is 9.71. The molecule has 1 saturated carbocycles. The second-order valence-corrected chi connectivity index (χ2v) is 7.28. The van der Waals surface area contributed by atoms with Crippen molar-refractivity contribution in [2.75, 3.05) is 19.6 Å². The molecule has 4 atom stereocenters. The Morgan fingerprint density at radius 2 is 2.00 bits per heavy atom. The van der Waals surface area contributed by atoms with Crippen molar-refractivity contribution in [1.29, 1.82) is 5.26 Å². The third-order valence-electron chi connectivity index (χ3n) is 4.86. The Labute approximate surface area is 129 Å². The van der Waals surface area contributed by atoms with Gasteiger partial charge in [-0.25, -0.2) is 0 Å². The van der Waals surface area contributed by atoms with E-state index in [0.29, 0.717) is 24.2 Å². The van der Waals surface area contributed by atoms with E-state index in [9.17, 15) is 5.26 Å². The van der Waals surface area contributed by atoms with Crippen LogP contribution in [0.15, 0.2) is 0 Å². The van der Waals surface area contributed by atoms with Gasteiger partial charge < -0.3 is 4.74 Å². The Morgan fingerprint density at radius 3 is 2.57 bits per heavy atom. The van der Waals surface area contributed by atoms with Crippen molar-refractivity contribution in [2.24, 2.45) is 5.92 Å². The van der Waals surface area contributed by atoms with Crippen molar-refractivity contribution in [1.82, 2.24) is 10.2 Å². The van der Waals surface area contributed by atoms with E-state index >= 15 is 0 Å². The van der Waals surface area contributed by atoms with Gasteiger partial charge in [-0.3, -0.25) is 10.2 Å². The summed E-state index contributed by atoms with van der Waals surface area (Å²) in [6.45, 7) is 11.7. The lowest BCUT2D eigenvalue weighted by Gasteiger charge is -2.37. The van der Waals surface area contributed by atoms with E-state index in [1.807, 2.05) is 0 Å². The smallest absolute Gasteiger partial charge is 0.109 e. The molecular formula is C17H31N3O. The van der Waals surface area contributed by atoms with Gasteiger partial charge >= 0.3 is 0 Å². The molecule has 0 spiro atoms. The topological polar surface area (TPSA) is 48.3 Å². The number of morpholine rings is 1. The van der Waals surface area contributed by atoms with Crippen molar-refractivity contribution in [3.8, 4) is 6.07 Å². The minimum atomic E-state index is -0.294. The van der Waals surface area contributed by atoms with E-state index in [2.05, 4.69) is 44.0 Å². The molecule has 21 heavy (non-hydrogen) atoms. The summed E-state index contributed by atoms with van der Waals surface area (Å²) >= 11 is 0. The first-order valence-corrected chi connectivity index (χ1v) is 8.52. The number of rotatable bonds is 5. The van der Waals surface area contributed by atoms with Gasteiger partial charge in [0.1, 0.15) is 5.54 Å². The zero-order valence-electron chi connectivity index (χ0n) is 14.1. The Kier molecular flexibility index (Phi) is 5.65. The molecular weight excluding hydrogens is 262 g/mol. The second-order valence-electron chi connectivity index (χ2n) is 7.28. The van der Waals surface area contributed by atoms with Crippen molar-refractivity contribution in [3.05, 3.63) is 0 Å². The molecule has 2 fully saturated rings. The summed E-state index contributed by atoms with van der Waals surface area (Å²) in [4.78, 5) is 2.51. The Morgan fingerprint density at radius 1 is 1.33 bits per heavy atom. The van der Waals surface area contributed by atoms with Gasteiger partial charge in [-0.15, -0.1) is 0 Å². The highest BCUT2D eigenvalue weighted by molar-refractivity contribution is 5.14. The molecule has 4 nitrogen and oxygen atoms in total. The summed E-state index contributed by atoms with van der Waals surface area (Å²) in [6.07, 6.45) is 5.13. The normalized spacial score (nSPS) is 37.8. The van der Waals surface area contributed by atoms with Crippen molar-refractivity contribution in [3.63, 3.8) is 0 Å². The Balaban J connectivity index is 1.91. The van der Waals surface area contributed by atoms with Gasteiger partial charge in [0.05, 0.1) is 18.3 Å². The highest BCUT2D eigenvalue weighted by atomic mass is 16.5. The predicted molar refractivity (Wildman–Crippen MR) is 85.0 cm³/mol. The fourth-order valence-corrected chi connectivity index (χ4v) is 4.16. The lowest BCUT2D eigenvalue weighted by molar-refractivity contribution is -0.0692. The van der Waals surface area contributed by atoms with Crippen LogP contribution in [-0.4, -0.2) is 48.3 Å². The van der Waals surface area contributed by atoms with Crippen molar-refractivity contribution >= 4 is 0 Å². The van der Waals surface area contributed by atoms with Gasteiger partial charge in [0.2, 0.25) is 0 Å². The van der Waals surface area contributed by atoms with Crippen LogP contribution < -0.4 is 5.32 Å². The monoisotopic (exact) mass is 293 g/mol.